The largest absolute Gasteiger partial charge is 0.733 e. The number of benzene rings is 1. The summed E-state index contributed by atoms with van der Waals surface area (Å²) in [6, 6.07) is 3.82. The number of rotatable bonds is 4. The van der Waals surface area contributed by atoms with Gasteiger partial charge in [0.15, 0.2) is 0 Å². The van der Waals surface area contributed by atoms with E-state index in [0.717, 1.165) is 25.7 Å². The Morgan fingerprint density at radius 1 is 1.30 bits per heavy atom. The Balaban J connectivity index is 2.10. The summed E-state index contributed by atoms with van der Waals surface area (Å²) in [5.41, 5.74) is 0.528. The fraction of sp³-hybridized carbons (Fsp3) is 0.600. The van der Waals surface area contributed by atoms with Gasteiger partial charge in [0.2, 0.25) is 0 Å². The molecule has 0 saturated heterocycles. The van der Waals surface area contributed by atoms with Gasteiger partial charge in [-0.15, -0.1) is 0 Å². The standard InChI is InChI=1S/C15H21FNO3/c1-15(2)8-6-12(7-9-15)20-14-10-11(16)4-5-13(14)17(18)19-3/h4-5,10,12H,6-9H2,1-3H3/q-1. The fourth-order valence-corrected chi connectivity index (χ4v) is 2.50. The molecule has 0 aliphatic heterocycles. The molecule has 0 spiro atoms. The van der Waals surface area contributed by atoms with Gasteiger partial charge in [-0.25, -0.2) is 4.39 Å². The summed E-state index contributed by atoms with van der Waals surface area (Å²) in [6.07, 6.45) is 3.97. The molecule has 0 heterocycles. The Morgan fingerprint density at radius 3 is 2.55 bits per heavy atom. The van der Waals surface area contributed by atoms with Crippen molar-refractivity contribution < 1.29 is 14.0 Å². The van der Waals surface area contributed by atoms with Gasteiger partial charge in [0, 0.05) is 6.07 Å². The lowest BCUT2D eigenvalue weighted by Crippen LogP contribution is -2.29. The molecule has 1 fully saturated rings. The highest BCUT2D eigenvalue weighted by Gasteiger charge is 2.28. The molecule has 4 nitrogen and oxygen atoms in total. The topological polar surface area (TPSA) is 44.8 Å². The molecule has 1 saturated carbocycles. The van der Waals surface area contributed by atoms with Gasteiger partial charge >= 0.3 is 0 Å². The van der Waals surface area contributed by atoms with Crippen molar-refractivity contribution >= 4 is 5.69 Å². The van der Waals surface area contributed by atoms with Crippen LogP contribution in [0.15, 0.2) is 18.2 Å². The summed E-state index contributed by atoms with van der Waals surface area (Å²) >= 11 is 0. The molecular weight excluding hydrogens is 261 g/mol. The molecule has 1 aliphatic rings. The predicted octanol–water partition coefficient (Wildman–Crippen LogP) is 4.04. The number of anilines is 1. The summed E-state index contributed by atoms with van der Waals surface area (Å²) in [5.74, 6) is -0.184. The average molecular weight is 282 g/mol. The highest BCUT2D eigenvalue weighted by molar-refractivity contribution is 5.57. The van der Waals surface area contributed by atoms with Crippen LogP contribution in [0.25, 0.3) is 0 Å². The van der Waals surface area contributed by atoms with E-state index in [2.05, 4.69) is 18.7 Å². The zero-order valence-electron chi connectivity index (χ0n) is 12.2. The number of halogens is 1. The van der Waals surface area contributed by atoms with Crippen molar-refractivity contribution in [2.24, 2.45) is 5.41 Å². The molecule has 0 atom stereocenters. The van der Waals surface area contributed by atoms with E-state index < -0.39 is 5.82 Å². The zero-order valence-corrected chi connectivity index (χ0v) is 12.2. The maximum Gasteiger partial charge on any atom is 0.147 e. The zero-order chi connectivity index (χ0) is 14.8. The van der Waals surface area contributed by atoms with Crippen LogP contribution in [0.3, 0.4) is 0 Å². The van der Waals surface area contributed by atoms with Gasteiger partial charge < -0.3 is 15.2 Å². The van der Waals surface area contributed by atoms with Crippen LogP contribution in [0, 0.1) is 16.4 Å². The summed E-state index contributed by atoms with van der Waals surface area (Å²) < 4.78 is 19.2. The van der Waals surface area contributed by atoms with Crippen molar-refractivity contribution in [1.29, 1.82) is 0 Å². The van der Waals surface area contributed by atoms with E-state index in [9.17, 15) is 9.60 Å². The number of hydrogen-bond acceptors (Lipinski definition) is 4. The van der Waals surface area contributed by atoms with Crippen LogP contribution >= 0.6 is 0 Å². The minimum absolute atomic E-state index is 0.0221. The quantitative estimate of drug-likeness (QED) is 0.782. The third-order valence-electron chi connectivity index (χ3n) is 3.86. The highest BCUT2D eigenvalue weighted by atomic mass is 19.1. The molecule has 1 aliphatic carbocycles. The Hall–Kier alpha value is -1.33. The summed E-state index contributed by atoms with van der Waals surface area (Å²) in [6.45, 7) is 4.47. The van der Waals surface area contributed by atoms with Crippen molar-refractivity contribution in [3.63, 3.8) is 0 Å². The van der Waals surface area contributed by atoms with Gasteiger partial charge in [0.25, 0.3) is 0 Å². The molecule has 20 heavy (non-hydrogen) atoms. The van der Waals surface area contributed by atoms with Crippen LogP contribution in [0.4, 0.5) is 10.1 Å². The molecule has 0 amide bonds. The van der Waals surface area contributed by atoms with Crippen molar-refractivity contribution in [1.82, 2.24) is 0 Å². The second-order valence-corrected chi connectivity index (χ2v) is 6.03. The summed E-state index contributed by atoms with van der Waals surface area (Å²) in [5, 5.41) is 11.9. The lowest BCUT2D eigenvalue weighted by Gasteiger charge is -2.35. The van der Waals surface area contributed by atoms with Crippen LogP contribution in [0.5, 0.6) is 5.75 Å². The monoisotopic (exact) mass is 282 g/mol. The fourth-order valence-electron chi connectivity index (χ4n) is 2.50. The molecule has 0 aromatic heterocycles. The second kappa shape index (κ2) is 5.97. The molecule has 0 radical (unpaired) electrons. The molecule has 2 rings (SSSR count). The maximum atomic E-state index is 13.4. The molecule has 0 unspecified atom stereocenters. The highest BCUT2D eigenvalue weighted by Crippen LogP contribution is 2.38. The van der Waals surface area contributed by atoms with Crippen LogP contribution in [0.1, 0.15) is 39.5 Å². The lowest BCUT2D eigenvalue weighted by atomic mass is 9.76. The van der Waals surface area contributed by atoms with E-state index in [1.54, 1.807) is 0 Å². The maximum absolute atomic E-state index is 13.4. The van der Waals surface area contributed by atoms with Crippen LogP contribution in [-0.4, -0.2) is 13.2 Å². The van der Waals surface area contributed by atoms with E-state index in [1.807, 2.05) is 0 Å². The van der Waals surface area contributed by atoms with E-state index >= 15 is 0 Å². The Kier molecular flexibility index (Phi) is 4.50. The van der Waals surface area contributed by atoms with E-state index in [-0.39, 0.29) is 17.5 Å². The normalized spacial score (nSPS) is 18.9. The first-order valence-corrected chi connectivity index (χ1v) is 6.89. The molecule has 112 valence electrons. The van der Waals surface area contributed by atoms with Crippen LogP contribution in [0.2, 0.25) is 0 Å². The van der Waals surface area contributed by atoms with Crippen LogP contribution < -0.4 is 9.96 Å². The molecule has 0 N–H and O–H groups in total. The van der Waals surface area contributed by atoms with Gasteiger partial charge in [0.1, 0.15) is 11.6 Å². The first-order valence-electron chi connectivity index (χ1n) is 6.89. The first kappa shape index (κ1) is 15.1. The minimum atomic E-state index is -0.426. The Morgan fingerprint density at radius 2 is 1.95 bits per heavy atom. The summed E-state index contributed by atoms with van der Waals surface area (Å²) in [4.78, 5) is 4.61. The van der Waals surface area contributed by atoms with E-state index in [4.69, 9.17) is 4.74 Å². The molecule has 1 aromatic rings. The van der Waals surface area contributed by atoms with Crippen molar-refractivity contribution in [2.75, 3.05) is 12.3 Å². The van der Waals surface area contributed by atoms with E-state index in [1.165, 1.54) is 25.3 Å². The third kappa shape index (κ3) is 3.61. The first-order chi connectivity index (χ1) is 9.41. The lowest BCUT2D eigenvalue weighted by molar-refractivity contribution is 0.0971. The minimum Gasteiger partial charge on any atom is -0.733 e. The molecule has 1 aromatic carbocycles. The third-order valence-corrected chi connectivity index (χ3v) is 3.86. The number of hydrogen-bond donors (Lipinski definition) is 0. The van der Waals surface area contributed by atoms with Crippen molar-refractivity contribution in [3.05, 3.63) is 29.2 Å². The smallest absolute Gasteiger partial charge is 0.147 e. The van der Waals surface area contributed by atoms with E-state index in [0.29, 0.717) is 10.6 Å². The molecule has 0 bridgehead atoms. The molecule has 5 heteroatoms. The van der Waals surface area contributed by atoms with Crippen molar-refractivity contribution in [3.8, 4) is 5.75 Å². The summed E-state index contributed by atoms with van der Waals surface area (Å²) in [7, 11) is 1.27. The molecular formula is C15H21FNO3-. The second-order valence-electron chi connectivity index (χ2n) is 6.03. The predicted molar refractivity (Wildman–Crippen MR) is 75.9 cm³/mol. The van der Waals surface area contributed by atoms with Gasteiger partial charge in [-0.1, -0.05) is 13.8 Å². The van der Waals surface area contributed by atoms with Gasteiger partial charge in [-0.3, -0.25) is 4.84 Å². The average Bonchev–Trinajstić information content (AvgIpc) is 2.40. The van der Waals surface area contributed by atoms with Crippen molar-refractivity contribution in [2.45, 2.75) is 45.6 Å². The van der Waals surface area contributed by atoms with Gasteiger partial charge in [0.05, 0.1) is 18.9 Å². The Labute approximate surface area is 119 Å². The SMILES string of the molecule is CON([O-])c1ccc(F)cc1OC1CCC(C)(C)CC1. The van der Waals surface area contributed by atoms with Crippen LogP contribution in [-0.2, 0) is 4.84 Å². The van der Waals surface area contributed by atoms with Gasteiger partial charge in [-0.05, 0) is 43.2 Å². The Bertz CT molecular complexity index is 454. The number of ether oxygens (including phenoxy) is 1. The number of nitrogens with zero attached hydrogens (tertiary/aromatic N) is 1. The van der Waals surface area contributed by atoms with Gasteiger partial charge in [-0.2, -0.15) is 0 Å².